The summed E-state index contributed by atoms with van der Waals surface area (Å²) in [6.45, 7) is 22.9. The molecular formula is C36H54N8. The van der Waals surface area contributed by atoms with E-state index < -0.39 is 0 Å². The Hall–Kier alpha value is -3.75. The van der Waals surface area contributed by atoms with E-state index in [9.17, 15) is 0 Å². The molecule has 44 heavy (non-hydrogen) atoms. The van der Waals surface area contributed by atoms with Crippen LogP contribution in [-0.2, 0) is 13.0 Å². The normalized spacial score (nSPS) is 16.6. The zero-order valence-corrected chi connectivity index (χ0v) is 27.0. The van der Waals surface area contributed by atoms with E-state index in [1.165, 1.54) is 47.3 Å². The van der Waals surface area contributed by atoms with Gasteiger partial charge in [-0.15, -0.1) is 0 Å². The molecule has 0 bridgehead atoms. The molecule has 0 spiro atoms. The van der Waals surface area contributed by atoms with Gasteiger partial charge < -0.3 is 25.8 Å². The number of para-hydroxylation sites is 1. The summed E-state index contributed by atoms with van der Waals surface area (Å²) in [7, 11) is 2.03. The van der Waals surface area contributed by atoms with E-state index in [2.05, 4.69) is 110 Å². The van der Waals surface area contributed by atoms with Crippen molar-refractivity contribution in [3.05, 3.63) is 97.6 Å². The van der Waals surface area contributed by atoms with Crippen LogP contribution < -0.4 is 16.0 Å². The number of benzene rings is 2. The topological polar surface area (TPSA) is 74.5 Å². The Morgan fingerprint density at radius 1 is 1.07 bits per heavy atom. The predicted octanol–water partition coefficient (Wildman–Crippen LogP) is 5.56. The van der Waals surface area contributed by atoms with E-state index >= 15 is 0 Å². The standard InChI is InChI=1S/C20H31N5.C16H23N3/c1-4-5-8-24-9-11-25(12-10-24)16(2)20(21-3)14-17-6-7-19-18(13-17)15-22-23-19;1-3-17-13-14-7-5-6-8-16(14)18-15-9-11-19(4-2)12-10-15/h6-7,13,15,20-21H,2,4-5,8-12,14H2,1,3H3,(H,22,23);3-8,15,17-18H,1-2,9-13H2. The molecule has 0 aliphatic carbocycles. The van der Waals surface area contributed by atoms with Crippen LogP contribution in [0.3, 0.4) is 0 Å². The summed E-state index contributed by atoms with van der Waals surface area (Å²) < 4.78 is 0. The second-order valence-electron chi connectivity index (χ2n) is 11.9. The van der Waals surface area contributed by atoms with Gasteiger partial charge in [-0.2, -0.15) is 5.10 Å². The lowest BCUT2D eigenvalue weighted by molar-refractivity contribution is 0.150. The Kier molecular flexibility index (Phi) is 13.2. The minimum absolute atomic E-state index is 0.270. The summed E-state index contributed by atoms with van der Waals surface area (Å²) in [6, 6.07) is 15.8. The third-order valence-electron chi connectivity index (χ3n) is 8.90. The van der Waals surface area contributed by atoms with Gasteiger partial charge in [-0.3, -0.25) is 10.00 Å². The van der Waals surface area contributed by atoms with Crippen LogP contribution >= 0.6 is 0 Å². The van der Waals surface area contributed by atoms with E-state index in [0.717, 1.165) is 70.6 Å². The molecule has 8 nitrogen and oxygen atoms in total. The zero-order valence-electron chi connectivity index (χ0n) is 27.0. The molecule has 3 aromatic rings. The van der Waals surface area contributed by atoms with Crippen molar-refractivity contribution >= 4 is 16.6 Å². The first-order valence-electron chi connectivity index (χ1n) is 16.3. The number of anilines is 1. The van der Waals surface area contributed by atoms with Crippen molar-refractivity contribution in [1.82, 2.24) is 35.5 Å². The Bertz CT molecular complexity index is 1300. The molecule has 8 heteroatoms. The smallest absolute Gasteiger partial charge is 0.0650 e. The number of unbranched alkanes of at least 4 members (excludes halogenated alkanes) is 1. The first kappa shape index (κ1) is 33.1. The third kappa shape index (κ3) is 9.63. The molecule has 238 valence electrons. The number of aromatic amines is 1. The first-order valence-corrected chi connectivity index (χ1v) is 16.3. The van der Waals surface area contributed by atoms with Gasteiger partial charge in [0.1, 0.15) is 0 Å². The van der Waals surface area contributed by atoms with Crippen molar-refractivity contribution in [2.24, 2.45) is 0 Å². The van der Waals surface area contributed by atoms with Gasteiger partial charge in [0, 0.05) is 68.6 Å². The summed E-state index contributed by atoms with van der Waals surface area (Å²) in [6.07, 6.45) is 11.4. The maximum atomic E-state index is 4.41. The average molecular weight is 599 g/mol. The first-order chi connectivity index (χ1) is 21.5. The molecule has 1 atom stereocenters. The fraction of sp³-hybridized carbons (Fsp3) is 0.472. The fourth-order valence-electron chi connectivity index (χ4n) is 6.05. The van der Waals surface area contributed by atoms with Crippen molar-refractivity contribution in [1.29, 1.82) is 0 Å². The highest BCUT2D eigenvalue weighted by molar-refractivity contribution is 5.78. The Morgan fingerprint density at radius 2 is 1.84 bits per heavy atom. The van der Waals surface area contributed by atoms with Gasteiger partial charge in [0.15, 0.2) is 0 Å². The van der Waals surface area contributed by atoms with E-state index in [-0.39, 0.29) is 6.04 Å². The summed E-state index contributed by atoms with van der Waals surface area (Å²) in [5.74, 6) is 0. The molecule has 1 aromatic heterocycles. The SMILES string of the molecule is C=C(C(Cc1ccc2[nH]ncc2c1)NC)N1CCN(CCCC)CC1.C=CNCc1ccccc1NC1CCN(C=C)CC1. The monoisotopic (exact) mass is 598 g/mol. The Labute approximate surface area is 265 Å². The molecule has 5 rings (SSSR count). The minimum Gasteiger partial charge on any atom is -0.387 e. The lowest BCUT2D eigenvalue weighted by Gasteiger charge is -2.39. The molecule has 2 aliphatic rings. The summed E-state index contributed by atoms with van der Waals surface area (Å²) in [4.78, 5) is 7.32. The van der Waals surface area contributed by atoms with Crippen LogP contribution in [0, 0.1) is 0 Å². The van der Waals surface area contributed by atoms with E-state index in [1.807, 2.05) is 19.4 Å². The van der Waals surface area contributed by atoms with Crippen LogP contribution in [0.4, 0.5) is 5.69 Å². The van der Waals surface area contributed by atoms with E-state index in [4.69, 9.17) is 0 Å². The highest BCUT2D eigenvalue weighted by Gasteiger charge is 2.22. The van der Waals surface area contributed by atoms with E-state index in [1.54, 1.807) is 6.20 Å². The second kappa shape index (κ2) is 17.5. The number of piperidine rings is 1. The number of rotatable bonds is 14. The lowest BCUT2D eigenvalue weighted by Crippen LogP contribution is -2.49. The molecule has 2 saturated heterocycles. The largest absolute Gasteiger partial charge is 0.387 e. The molecule has 2 aliphatic heterocycles. The number of nitrogens with one attached hydrogen (secondary N) is 4. The van der Waals surface area contributed by atoms with Crippen LogP contribution in [0.25, 0.3) is 10.9 Å². The van der Waals surface area contributed by atoms with Crippen LogP contribution in [0.2, 0.25) is 0 Å². The van der Waals surface area contributed by atoms with Gasteiger partial charge in [-0.25, -0.2) is 0 Å². The van der Waals surface area contributed by atoms with Gasteiger partial charge in [-0.1, -0.05) is 57.3 Å². The van der Waals surface area contributed by atoms with Crippen molar-refractivity contribution in [3.63, 3.8) is 0 Å². The van der Waals surface area contributed by atoms with Gasteiger partial charge in [0.05, 0.1) is 17.8 Å². The number of aromatic nitrogens is 2. The quantitative estimate of drug-likeness (QED) is 0.194. The molecule has 3 heterocycles. The van der Waals surface area contributed by atoms with E-state index in [0.29, 0.717) is 6.04 Å². The average Bonchev–Trinajstić information content (AvgIpc) is 3.54. The van der Waals surface area contributed by atoms with Crippen LogP contribution in [0.15, 0.2) is 86.5 Å². The highest BCUT2D eigenvalue weighted by Crippen LogP contribution is 2.21. The second-order valence-corrected chi connectivity index (χ2v) is 11.9. The summed E-state index contributed by atoms with van der Waals surface area (Å²) in [5, 5.41) is 18.6. The zero-order chi connectivity index (χ0) is 31.1. The molecule has 2 fully saturated rings. The summed E-state index contributed by atoms with van der Waals surface area (Å²) >= 11 is 0. The van der Waals surface area contributed by atoms with Crippen LogP contribution in [-0.4, -0.2) is 89.8 Å². The minimum atomic E-state index is 0.270. The number of nitrogens with zero attached hydrogens (tertiary/aromatic N) is 4. The summed E-state index contributed by atoms with van der Waals surface area (Å²) in [5.41, 5.74) is 6.13. The van der Waals surface area contributed by atoms with Crippen molar-refractivity contribution in [3.8, 4) is 0 Å². The molecular weight excluding hydrogens is 544 g/mol. The predicted molar refractivity (Wildman–Crippen MR) is 187 cm³/mol. The molecule has 1 unspecified atom stereocenters. The Balaban J connectivity index is 0.000000209. The van der Waals surface area contributed by atoms with Crippen molar-refractivity contribution < 1.29 is 0 Å². The van der Waals surface area contributed by atoms with Gasteiger partial charge in [0.25, 0.3) is 0 Å². The van der Waals surface area contributed by atoms with Crippen LogP contribution in [0.5, 0.6) is 0 Å². The number of hydrogen-bond acceptors (Lipinski definition) is 7. The molecule has 4 N–H and O–H groups in total. The number of hydrogen-bond donors (Lipinski definition) is 4. The molecule has 0 amide bonds. The van der Waals surface area contributed by atoms with Gasteiger partial charge >= 0.3 is 0 Å². The highest BCUT2D eigenvalue weighted by atomic mass is 15.3. The number of fused-ring (bicyclic) bond motifs is 1. The molecule has 0 radical (unpaired) electrons. The van der Waals surface area contributed by atoms with Crippen molar-refractivity contribution in [2.75, 3.05) is 58.2 Å². The molecule has 0 saturated carbocycles. The number of piperazine rings is 1. The molecule has 2 aromatic carbocycles. The maximum Gasteiger partial charge on any atom is 0.0650 e. The fourth-order valence-corrected chi connectivity index (χ4v) is 6.05. The number of H-pyrrole nitrogens is 1. The lowest BCUT2D eigenvalue weighted by atomic mass is 10.0. The Morgan fingerprint density at radius 3 is 2.55 bits per heavy atom. The number of likely N-dealkylation sites (N-methyl/N-ethyl adjacent to an activating group) is 1. The van der Waals surface area contributed by atoms with Gasteiger partial charge in [0.2, 0.25) is 0 Å². The number of likely N-dealkylation sites (tertiary alicyclic amines) is 1. The van der Waals surface area contributed by atoms with Gasteiger partial charge in [-0.05, 0) is 81.0 Å². The van der Waals surface area contributed by atoms with Crippen LogP contribution in [0.1, 0.15) is 43.7 Å². The van der Waals surface area contributed by atoms with Crippen molar-refractivity contribution in [2.45, 2.75) is 57.7 Å². The third-order valence-corrected chi connectivity index (χ3v) is 8.90. The maximum absolute atomic E-state index is 4.41.